The van der Waals surface area contributed by atoms with E-state index in [-0.39, 0.29) is 24.4 Å². The van der Waals surface area contributed by atoms with Gasteiger partial charge in [0, 0.05) is 27.0 Å². The van der Waals surface area contributed by atoms with Crippen molar-refractivity contribution in [2.75, 3.05) is 26.8 Å². The number of rotatable bonds is 7. The van der Waals surface area contributed by atoms with Crippen molar-refractivity contribution in [3.05, 3.63) is 70.8 Å². The van der Waals surface area contributed by atoms with Gasteiger partial charge in [0.15, 0.2) is 0 Å². The summed E-state index contributed by atoms with van der Waals surface area (Å²) >= 11 is 0. The zero-order valence-electron chi connectivity index (χ0n) is 18.1. The van der Waals surface area contributed by atoms with Gasteiger partial charge in [-0.25, -0.2) is 5.01 Å². The van der Waals surface area contributed by atoms with Crippen molar-refractivity contribution in [2.45, 2.75) is 33.2 Å². The Hall–Kier alpha value is -2.99. The van der Waals surface area contributed by atoms with Gasteiger partial charge in [0.25, 0.3) is 5.91 Å². The summed E-state index contributed by atoms with van der Waals surface area (Å²) in [6, 6.07) is 16.0. The summed E-state index contributed by atoms with van der Waals surface area (Å²) in [6.07, 6.45) is 0.635. The third-order valence-electron chi connectivity index (χ3n) is 5.53. The van der Waals surface area contributed by atoms with Crippen LogP contribution in [0.5, 0.6) is 0 Å². The second-order valence-electron chi connectivity index (χ2n) is 7.65. The summed E-state index contributed by atoms with van der Waals surface area (Å²) in [4.78, 5) is 26.7. The summed E-state index contributed by atoms with van der Waals surface area (Å²) in [5.41, 5.74) is 5.35. The van der Waals surface area contributed by atoms with E-state index in [1.165, 1.54) is 23.0 Å². The third kappa shape index (κ3) is 4.94. The van der Waals surface area contributed by atoms with Crippen LogP contribution in [0.25, 0.3) is 0 Å². The van der Waals surface area contributed by atoms with Gasteiger partial charge in [0.1, 0.15) is 6.54 Å². The van der Waals surface area contributed by atoms with E-state index in [1.54, 1.807) is 12.1 Å². The molecule has 0 fully saturated rings. The number of ether oxygens (including phenoxy) is 1. The quantitative estimate of drug-likeness (QED) is 0.706. The molecule has 0 spiro atoms. The SMILES string of the molecule is COCCN(CC(=O)N1N=C(c2ccc(C)c(C)c2)C[C@H]1c1ccccc1)C(C)=O. The average Bonchev–Trinajstić information content (AvgIpc) is 3.19. The maximum absolute atomic E-state index is 13.2. The number of benzene rings is 2. The van der Waals surface area contributed by atoms with E-state index >= 15 is 0 Å². The Morgan fingerprint density at radius 1 is 1.13 bits per heavy atom. The molecular formula is C24H29N3O3. The lowest BCUT2D eigenvalue weighted by Gasteiger charge is -2.26. The molecule has 0 aliphatic carbocycles. The fraction of sp³-hybridized carbons (Fsp3) is 0.375. The van der Waals surface area contributed by atoms with Gasteiger partial charge in [-0.3, -0.25) is 9.59 Å². The van der Waals surface area contributed by atoms with Crippen LogP contribution in [0.1, 0.15) is 41.6 Å². The highest BCUT2D eigenvalue weighted by Gasteiger charge is 2.34. The van der Waals surface area contributed by atoms with Crippen LogP contribution >= 0.6 is 0 Å². The third-order valence-corrected chi connectivity index (χ3v) is 5.53. The molecular weight excluding hydrogens is 378 g/mol. The highest BCUT2D eigenvalue weighted by atomic mass is 16.5. The van der Waals surface area contributed by atoms with Crippen LogP contribution in [-0.4, -0.2) is 54.2 Å². The smallest absolute Gasteiger partial charge is 0.262 e. The van der Waals surface area contributed by atoms with Gasteiger partial charge in [-0.15, -0.1) is 0 Å². The van der Waals surface area contributed by atoms with Crippen molar-refractivity contribution < 1.29 is 14.3 Å². The first-order chi connectivity index (χ1) is 14.4. The largest absolute Gasteiger partial charge is 0.383 e. The topological polar surface area (TPSA) is 62.2 Å². The van der Waals surface area contributed by atoms with E-state index < -0.39 is 0 Å². The summed E-state index contributed by atoms with van der Waals surface area (Å²) in [6.45, 7) is 6.35. The number of hydrogen-bond acceptors (Lipinski definition) is 4. The summed E-state index contributed by atoms with van der Waals surface area (Å²) < 4.78 is 5.07. The van der Waals surface area contributed by atoms with Gasteiger partial charge in [-0.1, -0.05) is 42.5 Å². The van der Waals surface area contributed by atoms with Crippen LogP contribution in [0, 0.1) is 13.8 Å². The highest BCUT2D eigenvalue weighted by Crippen LogP contribution is 2.33. The van der Waals surface area contributed by atoms with E-state index in [2.05, 4.69) is 32.0 Å². The molecule has 30 heavy (non-hydrogen) atoms. The lowest BCUT2D eigenvalue weighted by atomic mass is 9.96. The Bertz CT molecular complexity index is 940. The molecule has 158 valence electrons. The summed E-state index contributed by atoms with van der Waals surface area (Å²) in [5.74, 6) is -0.358. The second kappa shape index (κ2) is 9.67. The molecule has 2 aromatic carbocycles. The monoisotopic (exact) mass is 407 g/mol. The van der Waals surface area contributed by atoms with Crippen LogP contribution in [0.3, 0.4) is 0 Å². The molecule has 6 nitrogen and oxygen atoms in total. The molecule has 1 aliphatic heterocycles. The molecule has 0 N–H and O–H groups in total. The standard InChI is InChI=1S/C24H29N3O3/c1-17-10-11-21(14-18(17)2)22-15-23(20-8-6-5-7-9-20)27(25-22)24(29)16-26(19(3)28)12-13-30-4/h5-11,14,23H,12-13,15-16H2,1-4H3/t23-/m0/s1. The van der Waals surface area contributed by atoms with E-state index in [4.69, 9.17) is 9.84 Å². The molecule has 3 rings (SSSR count). The van der Waals surface area contributed by atoms with Gasteiger partial charge < -0.3 is 9.64 Å². The van der Waals surface area contributed by atoms with Gasteiger partial charge in [-0.05, 0) is 42.2 Å². The second-order valence-corrected chi connectivity index (χ2v) is 7.65. The minimum absolute atomic E-state index is 0.0221. The van der Waals surface area contributed by atoms with Crippen molar-refractivity contribution in [3.8, 4) is 0 Å². The number of aryl methyl sites for hydroxylation is 2. The van der Waals surface area contributed by atoms with Crippen LogP contribution in [-0.2, 0) is 14.3 Å². The highest BCUT2D eigenvalue weighted by molar-refractivity contribution is 6.03. The lowest BCUT2D eigenvalue weighted by Crippen LogP contribution is -2.41. The zero-order valence-corrected chi connectivity index (χ0v) is 18.1. The van der Waals surface area contributed by atoms with E-state index in [0.717, 1.165) is 16.8 Å². The number of hydrazone groups is 1. The number of amides is 2. The van der Waals surface area contributed by atoms with Crippen molar-refractivity contribution in [1.29, 1.82) is 0 Å². The van der Waals surface area contributed by atoms with Gasteiger partial charge >= 0.3 is 0 Å². The van der Waals surface area contributed by atoms with Crippen molar-refractivity contribution in [1.82, 2.24) is 9.91 Å². The van der Waals surface area contributed by atoms with Crippen molar-refractivity contribution in [3.63, 3.8) is 0 Å². The molecule has 1 atom stereocenters. The fourth-order valence-corrected chi connectivity index (χ4v) is 3.56. The van der Waals surface area contributed by atoms with Crippen LogP contribution < -0.4 is 0 Å². The maximum atomic E-state index is 13.2. The molecule has 0 unspecified atom stereocenters. The molecule has 1 aliphatic rings. The first kappa shape index (κ1) is 21.7. The first-order valence-electron chi connectivity index (χ1n) is 10.2. The molecule has 2 aromatic rings. The number of hydrogen-bond donors (Lipinski definition) is 0. The minimum Gasteiger partial charge on any atom is -0.383 e. The number of carbonyl (C=O) groups is 2. The van der Waals surface area contributed by atoms with Crippen molar-refractivity contribution >= 4 is 17.5 Å². The van der Waals surface area contributed by atoms with Gasteiger partial charge in [-0.2, -0.15) is 5.10 Å². The van der Waals surface area contributed by atoms with E-state index in [0.29, 0.717) is 19.6 Å². The van der Waals surface area contributed by atoms with Crippen LogP contribution in [0.4, 0.5) is 0 Å². The predicted molar refractivity (Wildman–Crippen MR) is 117 cm³/mol. The van der Waals surface area contributed by atoms with Crippen LogP contribution in [0.15, 0.2) is 53.6 Å². The minimum atomic E-state index is -0.200. The lowest BCUT2D eigenvalue weighted by molar-refractivity contribution is -0.141. The van der Waals surface area contributed by atoms with Gasteiger partial charge in [0.2, 0.25) is 5.91 Å². The maximum Gasteiger partial charge on any atom is 0.262 e. The van der Waals surface area contributed by atoms with Crippen LogP contribution in [0.2, 0.25) is 0 Å². The van der Waals surface area contributed by atoms with E-state index in [1.807, 2.05) is 30.3 Å². The molecule has 0 aromatic heterocycles. The Balaban J connectivity index is 1.89. The Morgan fingerprint density at radius 3 is 2.50 bits per heavy atom. The molecule has 1 heterocycles. The Labute approximate surface area is 178 Å². The summed E-state index contributed by atoms with van der Waals surface area (Å²) in [5, 5.41) is 6.25. The molecule has 0 bridgehead atoms. The Kier molecular flexibility index (Phi) is 7.00. The van der Waals surface area contributed by atoms with Crippen molar-refractivity contribution in [2.24, 2.45) is 5.10 Å². The number of methoxy groups -OCH3 is 1. The number of nitrogens with zero attached hydrogens (tertiary/aromatic N) is 3. The summed E-state index contributed by atoms with van der Waals surface area (Å²) in [7, 11) is 1.58. The normalized spacial score (nSPS) is 15.8. The molecule has 6 heteroatoms. The Morgan fingerprint density at radius 2 is 1.87 bits per heavy atom. The molecule has 0 saturated heterocycles. The zero-order chi connectivity index (χ0) is 21.7. The van der Waals surface area contributed by atoms with Gasteiger partial charge in [0.05, 0.1) is 18.4 Å². The fourth-order valence-electron chi connectivity index (χ4n) is 3.56. The predicted octanol–water partition coefficient (Wildman–Crippen LogP) is 3.48. The van der Waals surface area contributed by atoms with E-state index in [9.17, 15) is 9.59 Å². The molecule has 2 amide bonds. The average molecular weight is 408 g/mol. The first-order valence-corrected chi connectivity index (χ1v) is 10.2. The number of carbonyl (C=O) groups excluding carboxylic acids is 2. The molecule has 0 saturated carbocycles. The molecule has 0 radical (unpaired) electrons.